The summed E-state index contributed by atoms with van der Waals surface area (Å²) in [6.07, 6.45) is 2.71. The Kier molecular flexibility index (Phi) is 4.27. The van der Waals surface area contributed by atoms with E-state index in [2.05, 4.69) is 6.58 Å². The summed E-state index contributed by atoms with van der Waals surface area (Å²) in [5.74, 6) is 0. The lowest BCUT2D eigenvalue weighted by Crippen LogP contribution is -2.18. The number of rotatable bonds is 4. The van der Waals surface area contributed by atoms with Crippen LogP contribution in [0.3, 0.4) is 0 Å². The fourth-order valence-electron chi connectivity index (χ4n) is 0.847. The maximum Gasteiger partial charge on any atom is 0.213 e. The van der Waals surface area contributed by atoms with Crippen molar-refractivity contribution in [1.29, 1.82) is 0 Å². The van der Waals surface area contributed by atoms with Crippen LogP contribution in [0.1, 0.15) is 20.8 Å². The molecule has 62 valence electrons. The van der Waals surface area contributed by atoms with Crippen LogP contribution < -0.4 is 0 Å². The van der Waals surface area contributed by atoms with Gasteiger partial charge < -0.3 is 4.90 Å². The van der Waals surface area contributed by atoms with Crippen LogP contribution in [0, 0.1) is 0 Å². The number of carbonyl (C=O) groups is 1. The molecule has 0 N–H and O–H groups in total. The van der Waals surface area contributed by atoms with Crippen LogP contribution in [0.15, 0.2) is 23.9 Å². The molecule has 0 aliphatic rings. The van der Waals surface area contributed by atoms with E-state index in [0.717, 1.165) is 17.7 Å². The largest absolute Gasteiger partial charge is 0.319 e. The lowest BCUT2D eigenvalue weighted by atomic mass is 10.3. The minimum Gasteiger partial charge on any atom is -0.319 e. The van der Waals surface area contributed by atoms with E-state index in [1.807, 2.05) is 26.8 Å². The van der Waals surface area contributed by atoms with E-state index in [1.54, 1.807) is 4.90 Å². The molecule has 0 aromatic carbocycles. The molecule has 0 saturated heterocycles. The van der Waals surface area contributed by atoms with E-state index >= 15 is 0 Å². The van der Waals surface area contributed by atoms with Gasteiger partial charge in [-0.25, -0.2) is 0 Å². The average molecular weight is 153 g/mol. The zero-order chi connectivity index (χ0) is 8.85. The van der Waals surface area contributed by atoms with Gasteiger partial charge in [0.15, 0.2) is 0 Å². The second-order valence-electron chi connectivity index (χ2n) is 2.52. The number of nitrogens with zero attached hydrogens (tertiary/aromatic N) is 1. The molecule has 0 heterocycles. The minimum atomic E-state index is 0.707. The third-order valence-corrected chi connectivity index (χ3v) is 1.38. The predicted molar refractivity (Wildman–Crippen MR) is 47.0 cm³/mol. The van der Waals surface area contributed by atoms with Gasteiger partial charge in [0.2, 0.25) is 6.41 Å². The highest BCUT2D eigenvalue weighted by Crippen LogP contribution is 2.03. The molecule has 0 rings (SSSR count). The molecule has 0 bridgehead atoms. The quantitative estimate of drug-likeness (QED) is 0.446. The lowest BCUT2D eigenvalue weighted by molar-refractivity contribution is -0.116. The summed E-state index contributed by atoms with van der Waals surface area (Å²) in [6, 6.07) is 0. The minimum absolute atomic E-state index is 0.707. The molecule has 0 saturated carbocycles. The van der Waals surface area contributed by atoms with Crippen molar-refractivity contribution < 1.29 is 4.79 Å². The molecule has 0 aliphatic heterocycles. The Morgan fingerprint density at radius 1 is 1.55 bits per heavy atom. The fraction of sp³-hybridized carbons (Fsp3) is 0.444. The van der Waals surface area contributed by atoms with Crippen molar-refractivity contribution in [1.82, 2.24) is 4.90 Å². The van der Waals surface area contributed by atoms with Gasteiger partial charge >= 0.3 is 0 Å². The number of hydrogen-bond donors (Lipinski definition) is 0. The van der Waals surface area contributed by atoms with Gasteiger partial charge in [0.1, 0.15) is 0 Å². The van der Waals surface area contributed by atoms with Crippen LogP contribution in [0.5, 0.6) is 0 Å². The Labute approximate surface area is 68.2 Å². The van der Waals surface area contributed by atoms with E-state index in [-0.39, 0.29) is 0 Å². The van der Waals surface area contributed by atoms with Crippen molar-refractivity contribution in [2.45, 2.75) is 20.8 Å². The van der Waals surface area contributed by atoms with Crippen molar-refractivity contribution in [3.63, 3.8) is 0 Å². The molecule has 0 spiro atoms. The number of hydrogen-bond acceptors (Lipinski definition) is 1. The highest BCUT2D eigenvalue weighted by Gasteiger charge is 1.98. The summed E-state index contributed by atoms with van der Waals surface area (Å²) in [4.78, 5) is 12.0. The normalized spacial score (nSPS) is 11.0. The molecule has 11 heavy (non-hydrogen) atoms. The Hall–Kier alpha value is -1.05. The Morgan fingerprint density at radius 3 is 2.36 bits per heavy atom. The Bertz CT molecular complexity index is 182. The molecule has 0 aromatic heterocycles. The predicted octanol–water partition coefficient (Wildman–Crippen LogP) is 1.94. The van der Waals surface area contributed by atoms with Gasteiger partial charge in [0, 0.05) is 12.2 Å². The standard InChI is InChI=1S/C9H15NO/c1-5-10(7-11)9(4)6-8(2)3/h6-7H,2,5H2,1,3-4H3/b9-6+. The summed E-state index contributed by atoms with van der Waals surface area (Å²) >= 11 is 0. The second kappa shape index (κ2) is 4.72. The highest BCUT2D eigenvalue weighted by atomic mass is 16.1. The highest BCUT2D eigenvalue weighted by molar-refractivity contribution is 5.51. The molecule has 0 unspecified atom stereocenters. The summed E-state index contributed by atoms with van der Waals surface area (Å²) in [7, 11) is 0. The first-order chi connectivity index (χ1) is 5.11. The molecule has 0 aliphatic carbocycles. The van der Waals surface area contributed by atoms with Crippen LogP contribution >= 0.6 is 0 Å². The first kappa shape index (κ1) is 9.95. The molecule has 2 heteroatoms. The van der Waals surface area contributed by atoms with E-state index in [4.69, 9.17) is 0 Å². The van der Waals surface area contributed by atoms with Gasteiger partial charge in [0.25, 0.3) is 0 Å². The van der Waals surface area contributed by atoms with Crippen LogP contribution in [0.25, 0.3) is 0 Å². The van der Waals surface area contributed by atoms with Crippen molar-refractivity contribution in [3.8, 4) is 0 Å². The number of carbonyl (C=O) groups excluding carboxylic acids is 1. The zero-order valence-electron chi connectivity index (χ0n) is 7.42. The molecular weight excluding hydrogens is 138 g/mol. The van der Waals surface area contributed by atoms with Gasteiger partial charge in [-0.05, 0) is 26.8 Å². The van der Waals surface area contributed by atoms with Gasteiger partial charge in [-0.3, -0.25) is 4.79 Å². The summed E-state index contributed by atoms with van der Waals surface area (Å²) < 4.78 is 0. The average Bonchev–Trinajstić information content (AvgIpc) is 1.88. The van der Waals surface area contributed by atoms with Gasteiger partial charge in [-0.1, -0.05) is 12.2 Å². The molecular formula is C9H15NO. The maximum absolute atomic E-state index is 10.4. The van der Waals surface area contributed by atoms with E-state index in [1.165, 1.54) is 0 Å². The van der Waals surface area contributed by atoms with E-state index in [0.29, 0.717) is 6.54 Å². The fourth-order valence-corrected chi connectivity index (χ4v) is 0.847. The molecule has 0 radical (unpaired) electrons. The number of allylic oxidation sites excluding steroid dienone is 3. The molecule has 0 aromatic rings. The van der Waals surface area contributed by atoms with Crippen molar-refractivity contribution in [3.05, 3.63) is 23.9 Å². The number of amides is 1. The van der Waals surface area contributed by atoms with Crippen LogP contribution in [0.2, 0.25) is 0 Å². The SMILES string of the molecule is C=C(C)/C=C(\C)N(C=O)CC. The van der Waals surface area contributed by atoms with Gasteiger partial charge in [-0.15, -0.1) is 0 Å². The monoisotopic (exact) mass is 153 g/mol. The lowest BCUT2D eigenvalue weighted by Gasteiger charge is -2.14. The van der Waals surface area contributed by atoms with Crippen LogP contribution in [0.4, 0.5) is 0 Å². The molecule has 1 amide bonds. The first-order valence-corrected chi connectivity index (χ1v) is 3.67. The van der Waals surface area contributed by atoms with Crippen molar-refractivity contribution >= 4 is 6.41 Å². The third-order valence-electron chi connectivity index (χ3n) is 1.38. The van der Waals surface area contributed by atoms with Crippen molar-refractivity contribution in [2.75, 3.05) is 6.54 Å². The van der Waals surface area contributed by atoms with Gasteiger partial charge in [-0.2, -0.15) is 0 Å². The van der Waals surface area contributed by atoms with E-state index in [9.17, 15) is 4.79 Å². The Balaban J connectivity index is 4.30. The van der Waals surface area contributed by atoms with Gasteiger partial charge in [0.05, 0.1) is 0 Å². The second-order valence-corrected chi connectivity index (χ2v) is 2.52. The zero-order valence-corrected chi connectivity index (χ0v) is 7.42. The van der Waals surface area contributed by atoms with E-state index < -0.39 is 0 Å². The smallest absolute Gasteiger partial charge is 0.213 e. The van der Waals surface area contributed by atoms with Crippen LogP contribution in [-0.4, -0.2) is 17.9 Å². The summed E-state index contributed by atoms with van der Waals surface area (Å²) in [5.41, 5.74) is 1.90. The third kappa shape index (κ3) is 3.61. The molecule has 0 atom stereocenters. The van der Waals surface area contributed by atoms with Crippen LogP contribution in [-0.2, 0) is 4.79 Å². The summed E-state index contributed by atoms with van der Waals surface area (Å²) in [6.45, 7) is 10.2. The first-order valence-electron chi connectivity index (χ1n) is 3.67. The maximum atomic E-state index is 10.4. The van der Waals surface area contributed by atoms with Crippen molar-refractivity contribution in [2.24, 2.45) is 0 Å². The topological polar surface area (TPSA) is 20.3 Å². The molecule has 0 fully saturated rings. The Morgan fingerprint density at radius 2 is 2.09 bits per heavy atom. The molecule has 2 nitrogen and oxygen atoms in total. The summed E-state index contributed by atoms with van der Waals surface area (Å²) in [5, 5.41) is 0.